The molecule has 1 aliphatic carbocycles. The lowest BCUT2D eigenvalue weighted by molar-refractivity contribution is -0.135. The molecule has 0 aromatic carbocycles. The van der Waals surface area contributed by atoms with E-state index in [0.717, 1.165) is 25.3 Å². The lowest BCUT2D eigenvalue weighted by atomic mass is 9.82. The van der Waals surface area contributed by atoms with Gasteiger partial charge >= 0.3 is 0 Å². The first-order valence-electron chi connectivity index (χ1n) is 5.91. The first-order valence-corrected chi connectivity index (χ1v) is 5.91. The summed E-state index contributed by atoms with van der Waals surface area (Å²) < 4.78 is 0. The predicted octanol–water partition coefficient (Wildman–Crippen LogP) is 2.29. The van der Waals surface area contributed by atoms with Crippen LogP contribution in [0.5, 0.6) is 0 Å². The Morgan fingerprint density at radius 2 is 2.00 bits per heavy atom. The molecule has 15 heavy (non-hydrogen) atoms. The van der Waals surface area contributed by atoms with E-state index in [9.17, 15) is 4.79 Å². The molecule has 1 aliphatic rings. The van der Waals surface area contributed by atoms with Crippen LogP contribution in [0.4, 0.5) is 0 Å². The lowest BCUT2D eigenvalue weighted by Crippen LogP contribution is -2.37. The third-order valence-corrected chi connectivity index (χ3v) is 3.34. The van der Waals surface area contributed by atoms with Gasteiger partial charge in [0.2, 0.25) is 5.91 Å². The Hall–Kier alpha value is -0.970. The van der Waals surface area contributed by atoms with Crippen LogP contribution >= 0.6 is 0 Å². The average Bonchev–Trinajstić information content (AvgIpc) is 2.26. The molecular weight excluding hydrogens is 186 g/mol. The molecule has 1 amide bonds. The smallest absolute Gasteiger partial charge is 0.226 e. The Kier molecular flexibility index (Phi) is 4.68. The van der Waals surface area contributed by atoms with Crippen LogP contribution in [-0.4, -0.2) is 23.9 Å². The second-order valence-electron chi connectivity index (χ2n) is 4.51. The van der Waals surface area contributed by atoms with E-state index < -0.39 is 0 Å². The van der Waals surface area contributed by atoms with E-state index in [-0.39, 0.29) is 11.8 Å². The highest BCUT2D eigenvalue weighted by Crippen LogP contribution is 2.29. The quantitative estimate of drug-likeness (QED) is 0.650. The van der Waals surface area contributed by atoms with Crippen molar-refractivity contribution in [3.8, 4) is 12.3 Å². The molecule has 1 saturated carbocycles. The number of rotatable bonds is 3. The fraction of sp³-hybridized carbons (Fsp3) is 0.769. The summed E-state index contributed by atoms with van der Waals surface area (Å²) in [7, 11) is 0. The van der Waals surface area contributed by atoms with Crippen LogP contribution in [0.1, 0.15) is 39.5 Å². The summed E-state index contributed by atoms with van der Waals surface area (Å²) in [6.07, 6.45) is 9.71. The van der Waals surface area contributed by atoms with Gasteiger partial charge < -0.3 is 4.90 Å². The monoisotopic (exact) mass is 207 g/mol. The number of amides is 1. The normalized spacial score (nSPS) is 25.7. The number of nitrogens with zero attached hydrogens (tertiary/aromatic N) is 1. The molecule has 0 heterocycles. The van der Waals surface area contributed by atoms with Gasteiger partial charge in [0.15, 0.2) is 0 Å². The van der Waals surface area contributed by atoms with Crippen molar-refractivity contribution >= 4 is 5.91 Å². The van der Waals surface area contributed by atoms with Crippen molar-refractivity contribution in [2.24, 2.45) is 11.8 Å². The van der Waals surface area contributed by atoms with E-state index in [4.69, 9.17) is 6.42 Å². The van der Waals surface area contributed by atoms with Crippen LogP contribution in [0.15, 0.2) is 0 Å². The second-order valence-corrected chi connectivity index (χ2v) is 4.51. The molecule has 2 heteroatoms. The van der Waals surface area contributed by atoms with Crippen molar-refractivity contribution in [2.75, 3.05) is 13.1 Å². The third kappa shape index (κ3) is 3.27. The molecule has 2 nitrogen and oxygen atoms in total. The molecule has 0 aromatic rings. The van der Waals surface area contributed by atoms with E-state index in [0.29, 0.717) is 6.54 Å². The van der Waals surface area contributed by atoms with Crippen molar-refractivity contribution in [2.45, 2.75) is 39.5 Å². The molecule has 1 rings (SSSR count). The third-order valence-electron chi connectivity index (χ3n) is 3.34. The standard InChI is InChI=1S/C13H21NO/c1-4-10-14(5-2)13(15)12-8-6-11(3)7-9-12/h1,11-12H,5-10H2,2-3H3. The van der Waals surface area contributed by atoms with Crippen molar-refractivity contribution in [3.63, 3.8) is 0 Å². The first-order chi connectivity index (χ1) is 7.19. The Morgan fingerprint density at radius 3 is 2.47 bits per heavy atom. The molecule has 0 unspecified atom stereocenters. The fourth-order valence-corrected chi connectivity index (χ4v) is 2.22. The van der Waals surface area contributed by atoms with Crippen LogP contribution in [0.3, 0.4) is 0 Å². The molecule has 0 aliphatic heterocycles. The molecule has 0 aromatic heterocycles. The second kappa shape index (κ2) is 5.80. The molecule has 0 atom stereocenters. The summed E-state index contributed by atoms with van der Waals surface area (Å²) in [5.41, 5.74) is 0. The van der Waals surface area contributed by atoms with Crippen LogP contribution < -0.4 is 0 Å². The lowest BCUT2D eigenvalue weighted by Gasteiger charge is -2.29. The summed E-state index contributed by atoms with van der Waals surface area (Å²) >= 11 is 0. The van der Waals surface area contributed by atoms with Crippen molar-refractivity contribution in [1.82, 2.24) is 4.90 Å². The number of carbonyl (C=O) groups is 1. The maximum Gasteiger partial charge on any atom is 0.226 e. The maximum atomic E-state index is 12.1. The Balaban J connectivity index is 2.48. The van der Waals surface area contributed by atoms with Gasteiger partial charge in [0.25, 0.3) is 0 Å². The summed E-state index contributed by atoms with van der Waals surface area (Å²) in [6.45, 7) is 5.44. The molecule has 0 bridgehead atoms. The molecule has 0 spiro atoms. The van der Waals surface area contributed by atoms with Crippen LogP contribution in [-0.2, 0) is 4.79 Å². The van der Waals surface area contributed by atoms with E-state index in [1.807, 2.05) is 6.92 Å². The summed E-state index contributed by atoms with van der Waals surface area (Å²) in [5.74, 6) is 3.84. The highest BCUT2D eigenvalue weighted by molar-refractivity contribution is 5.79. The Morgan fingerprint density at radius 1 is 1.40 bits per heavy atom. The van der Waals surface area contributed by atoms with Gasteiger partial charge in [-0.1, -0.05) is 12.8 Å². The van der Waals surface area contributed by atoms with Crippen LogP contribution in [0.2, 0.25) is 0 Å². The number of terminal acetylenes is 1. The minimum atomic E-state index is 0.231. The Labute approximate surface area is 93.0 Å². The van der Waals surface area contributed by atoms with Crippen molar-refractivity contribution in [1.29, 1.82) is 0 Å². The van der Waals surface area contributed by atoms with Crippen molar-refractivity contribution in [3.05, 3.63) is 0 Å². The van der Waals surface area contributed by atoms with Gasteiger partial charge in [-0.2, -0.15) is 0 Å². The van der Waals surface area contributed by atoms with Gasteiger partial charge in [0.1, 0.15) is 0 Å². The Bertz CT molecular complexity index is 246. The highest BCUT2D eigenvalue weighted by atomic mass is 16.2. The summed E-state index contributed by atoms with van der Waals surface area (Å²) in [5, 5.41) is 0. The number of hydrogen-bond donors (Lipinski definition) is 0. The fourth-order valence-electron chi connectivity index (χ4n) is 2.22. The average molecular weight is 207 g/mol. The van der Waals surface area contributed by atoms with E-state index in [1.54, 1.807) is 4.90 Å². The predicted molar refractivity (Wildman–Crippen MR) is 62.2 cm³/mol. The van der Waals surface area contributed by atoms with Crippen molar-refractivity contribution < 1.29 is 4.79 Å². The SMILES string of the molecule is C#CCN(CC)C(=O)C1CCC(C)CC1. The molecular formula is C13H21NO. The topological polar surface area (TPSA) is 20.3 Å². The van der Waals surface area contributed by atoms with E-state index in [2.05, 4.69) is 12.8 Å². The maximum absolute atomic E-state index is 12.1. The zero-order chi connectivity index (χ0) is 11.3. The summed E-state index contributed by atoms with van der Waals surface area (Å²) in [4.78, 5) is 13.8. The number of carbonyl (C=O) groups excluding carboxylic acids is 1. The molecule has 0 radical (unpaired) electrons. The van der Waals surface area contributed by atoms with E-state index in [1.165, 1.54) is 12.8 Å². The van der Waals surface area contributed by atoms with Crippen LogP contribution in [0, 0.1) is 24.2 Å². The van der Waals surface area contributed by atoms with Gasteiger partial charge in [-0.25, -0.2) is 0 Å². The van der Waals surface area contributed by atoms with Crippen LogP contribution in [0.25, 0.3) is 0 Å². The molecule has 84 valence electrons. The summed E-state index contributed by atoms with van der Waals surface area (Å²) in [6, 6.07) is 0. The highest BCUT2D eigenvalue weighted by Gasteiger charge is 2.26. The van der Waals surface area contributed by atoms with Gasteiger partial charge in [-0.3, -0.25) is 4.79 Å². The molecule has 0 N–H and O–H groups in total. The number of hydrogen-bond acceptors (Lipinski definition) is 1. The zero-order valence-electron chi connectivity index (χ0n) is 9.83. The molecule has 1 fully saturated rings. The molecule has 0 saturated heterocycles. The van der Waals surface area contributed by atoms with Gasteiger partial charge in [-0.05, 0) is 38.5 Å². The van der Waals surface area contributed by atoms with Gasteiger partial charge in [0, 0.05) is 12.5 Å². The zero-order valence-corrected chi connectivity index (χ0v) is 9.83. The largest absolute Gasteiger partial charge is 0.332 e. The minimum Gasteiger partial charge on any atom is -0.332 e. The van der Waals surface area contributed by atoms with Gasteiger partial charge in [-0.15, -0.1) is 6.42 Å². The van der Waals surface area contributed by atoms with Gasteiger partial charge in [0.05, 0.1) is 6.54 Å². The first kappa shape index (κ1) is 12.1. The minimum absolute atomic E-state index is 0.231. The van der Waals surface area contributed by atoms with E-state index >= 15 is 0 Å².